The Morgan fingerprint density at radius 2 is 2.03 bits per heavy atom. The number of anilines is 1. The molecular weight excluding hydrogens is 415 g/mol. The van der Waals surface area contributed by atoms with Crippen molar-refractivity contribution in [1.82, 2.24) is 25.4 Å². The van der Waals surface area contributed by atoms with Crippen molar-refractivity contribution < 1.29 is 18.7 Å². The number of piperidine rings is 1. The van der Waals surface area contributed by atoms with Gasteiger partial charge in [0.1, 0.15) is 17.5 Å². The van der Waals surface area contributed by atoms with E-state index in [1.54, 1.807) is 31.1 Å². The molecule has 0 aliphatic carbocycles. The van der Waals surface area contributed by atoms with Gasteiger partial charge in [-0.2, -0.15) is 0 Å². The molecule has 32 heavy (non-hydrogen) atoms. The van der Waals surface area contributed by atoms with Gasteiger partial charge in [0.05, 0.1) is 17.8 Å². The number of phenols is 1. The largest absolute Gasteiger partial charge is 0.507 e. The lowest BCUT2D eigenvalue weighted by molar-refractivity contribution is 0.0799. The number of rotatable bonds is 4. The summed E-state index contributed by atoms with van der Waals surface area (Å²) in [6.45, 7) is 0. The van der Waals surface area contributed by atoms with Crippen LogP contribution in [0.5, 0.6) is 5.75 Å². The lowest BCUT2D eigenvalue weighted by Gasteiger charge is -2.38. The average molecular weight is 440 g/mol. The standard InChI is InChI=1S/C22H25FN6O3/c1-28(2)22(31)18-7-11-6-16(30)13(9-17(11)32-18)21-24-10-19(26-27-21)29(3)15-8-12-4-5-14(25-12)20(15)23/h6-7,9-10,12,14-15,20,25,30H,4-5,8H2,1-3H3/t12-,14+,15-,20+/m0/s1. The van der Waals surface area contributed by atoms with Crippen LogP contribution in [0.25, 0.3) is 22.4 Å². The molecule has 1 aromatic carbocycles. The Bertz CT molecular complexity index is 1160. The van der Waals surface area contributed by atoms with Gasteiger partial charge in [-0.25, -0.2) is 9.37 Å². The van der Waals surface area contributed by atoms with Crippen LogP contribution in [0.4, 0.5) is 10.2 Å². The molecular formula is C22H25FN6O3. The van der Waals surface area contributed by atoms with E-state index in [4.69, 9.17) is 4.42 Å². The van der Waals surface area contributed by atoms with Gasteiger partial charge in [-0.05, 0) is 37.5 Å². The SMILES string of the molecule is CN(C)C(=O)c1cc2cc(O)c(-c3ncc(N(C)[C@H]4C[C@@H]5CC[C@@H](N5)[C@H]4F)nn3)cc2o1. The molecule has 1 amide bonds. The van der Waals surface area contributed by atoms with E-state index >= 15 is 0 Å². The second kappa shape index (κ2) is 7.70. The Morgan fingerprint density at radius 3 is 2.75 bits per heavy atom. The first-order chi connectivity index (χ1) is 15.3. The molecule has 10 heteroatoms. The number of amides is 1. The van der Waals surface area contributed by atoms with Crippen molar-refractivity contribution in [2.24, 2.45) is 0 Å². The van der Waals surface area contributed by atoms with Gasteiger partial charge in [0, 0.05) is 38.6 Å². The maximum absolute atomic E-state index is 14.9. The molecule has 0 radical (unpaired) electrons. The Labute approximate surface area is 184 Å². The molecule has 2 bridgehead atoms. The van der Waals surface area contributed by atoms with Crippen LogP contribution in [0, 0.1) is 0 Å². The Morgan fingerprint density at radius 1 is 1.22 bits per heavy atom. The summed E-state index contributed by atoms with van der Waals surface area (Å²) in [4.78, 5) is 19.7. The predicted octanol–water partition coefficient (Wildman–Crippen LogP) is 2.36. The van der Waals surface area contributed by atoms with Crippen molar-refractivity contribution in [2.45, 2.75) is 43.6 Å². The summed E-state index contributed by atoms with van der Waals surface area (Å²) in [5, 5.41) is 22.8. The molecule has 2 fully saturated rings. The number of benzene rings is 1. The summed E-state index contributed by atoms with van der Waals surface area (Å²) in [5.74, 6) is 0.531. The Hall–Kier alpha value is -3.27. The minimum Gasteiger partial charge on any atom is -0.507 e. The Kier molecular flexibility index (Phi) is 4.96. The third kappa shape index (κ3) is 3.44. The number of halogens is 1. The number of furan rings is 1. The number of hydrogen-bond donors (Lipinski definition) is 2. The first kappa shape index (κ1) is 20.6. The average Bonchev–Trinajstić information content (AvgIpc) is 3.39. The smallest absolute Gasteiger partial charge is 0.289 e. The maximum atomic E-state index is 14.9. The number of aromatic hydroxyl groups is 1. The molecule has 9 nitrogen and oxygen atoms in total. The molecule has 5 rings (SSSR count). The van der Waals surface area contributed by atoms with Gasteiger partial charge < -0.3 is 24.6 Å². The lowest BCUT2D eigenvalue weighted by Crippen LogP contribution is -2.55. The van der Waals surface area contributed by atoms with Gasteiger partial charge in [0.15, 0.2) is 17.4 Å². The number of carbonyl (C=O) groups excluding carboxylic acids is 1. The molecule has 2 aliphatic heterocycles. The molecule has 2 aliphatic rings. The third-order valence-corrected chi connectivity index (χ3v) is 6.45. The normalized spacial score (nSPS) is 24.6. The number of carbonyl (C=O) groups is 1. The third-order valence-electron chi connectivity index (χ3n) is 6.45. The highest BCUT2D eigenvalue weighted by Gasteiger charge is 2.44. The van der Waals surface area contributed by atoms with E-state index in [0.29, 0.717) is 34.8 Å². The number of alkyl halides is 1. The molecule has 2 saturated heterocycles. The molecule has 0 saturated carbocycles. The summed E-state index contributed by atoms with van der Waals surface area (Å²) in [5.41, 5.74) is 0.763. The zero-order valence-electron chi connectivity index (χ0n) is 18.1. The van der Waals surface area contributed by atoms with E-state index in [0.717, 1.165) is 12.8 Å². The minimum absolute atomic E-state index is 0.0520. The van der Waals surface area contributed by atoms with E-state index in [2.05, 4.69) is 20.5 Å². The number of phenolic OH excluding ortho intramolecular Hbond substituents is 1. The van der Waals surface area contributed by atoms with E-state index in [1.165, 1.54) is 17.2 Å². The highest BCUT2D eigenvalue weighted by Crippen LogP contribution is 2.35. The zero-order chi connectivity index (χ0) is 22.6. The summed E-state index contributed by atoms with van der Waals surface area (Å²) in [7, 11) is 5.08. The summed E-state index contributed by atoms with van der Waals surface area (Å²) < 4.78 is 20.5. The fourth-order valence-electron chi connectivity index (χ4n) is 4.65. The van der Waals surface area contributed by atoms with Gasteiger partial charge in [-0.1, -0.05) is 0 Å². The van der Waals surface area contributed by atoms with Crippen LogP contribution in [0.15, 0.2) is 28.8 Å². The van der Waals surface area contributed by atoms with Crippen LogP contribution in [0.1, 0.15) is 29.8 Å². The van der Waals surface area contributed by atoms with Crippen LogP contribution >= 0.6 is 0 Å². The lowest BCUT2D eigenvalue weighted by atomic mass is 9.96. The van der Waals surface area contributed by atoms with Gasteiger partial charge in [-0.3, -0.25) is 4.79 Å². The molecule has 4 atom stereocenters. The van der Waals surface area contributed by atoms with Crippen molar-refractivity contribution in [2.75, 3.05) is 26.0 Å². The quantitative estimate of drug-likeness (QED) is 0.637. The van der Waals surface area contributed by atoms with Crippen molar-refractivity contribution in [3.63, 3.8) is 0 Å². The predicted molar refractivity (Wildman–Crippen MR) is 116 cm³/mol. The molecule has 3 aromatic rings. The van der Waals surface area contributed by atoms with Crippen LogP contribution in [0.3, 0.4) is 0 Å². The number of aromatic nitrogens is 3. The molecule has 2 N–H and O–H groups in total. The van der Waals surface area contributed by atoms with Gasteiger partial charge in [-0.15, -0.1) is 10.2 Å². The van der Waals surface area contributed by atoms with Crippen LogP contribution in [0.2, 0.25) is 0 Å². The van der Waals surface area contributed by atoms with E-state index < -0.39 is 6.17 Å². The minimum atomic E-state index is -0.982. The van der Waals surface area contributed by atoms with Gasteiger partial charge >= 0.3 is 0 Å². The second-order valence-electron chi connectivity index (χ2n) is 8.76. The van der Waals surface area contributed by atoms with Crippen molar-refractivity contribution in [1.29, 1.82) is 0 Å². The molecule has 168 valence electrons. The van der Waals surface area contributed by atoms with E-state index in [-0.39, 0.29) is 35.3 Å². The highest BCUT2D eigenvalue weighted by molar-refractivity contribution is 5.97. The highest BCUT2D eigenvalue weighted by atomic mass is 19.1. The first-order valence-corrected chi connectivity index (χ1v) is 10.6. The molecule has 0 spiro atoms. The topological polar surface area (TPSA) is 108 Å². The monoisotopic (exact) mass is 440 g/mol. The van der Waals surface area contributed by atoms with E-state index in [1.807, 2.05) is 7.05 Å². The van der Waals surface area contributed by atoms with Crippen molar-refractivity contribution in [3.8, 4) is 17.1 Å². The van der Waals surface area contributed by atoms with Crippen LogP contribution in [-0.4, -0.2) is 76.5 Å². The summed E-state index contributed by atoms with van der Waals surface area (Å²) in [6, 6.07) is 4.61. The molecule has 2 aromatic heterocycles. The number of fused-ring (bicyclic) bond motifs is 3. The van der Waals surface area contributed by atoms with Crippen LogP contribution in [-0.2, 0) is 0 Å². The Balaban J connectivity index is 1.41. The molecule has 4 heterocycles. The van der Waals surface area contributed by atoms with Gasteiger partial charge in [0.2, 0.25) is 0 Å². The fourth-order valence-corrected chi connectivity index (χ4v) is 4.65. The first-order valence-electron chi connectivity index (χ1n) is 10.6. The van der Waals surface area contributed by atoms with Gasteiger partial charge in [0.25, 0.3) is 5.91 Å². The van der Waals surface area contributed by atoms with Crippen LogP contribution < -0.4 is 10.2 Å². The summed E-state index contributed by atoms with van der Waals surface area (Å²) in [6.07, 6.45) is 3.11. The summed E-state index contributed by atoms with van der Waals surface area (Å²) >= 11 is 0. The maximum Gasteiger partial charge on any atom is 0.289 e. The number of nitrogens with zero attached hydrogens (tertiary/aromatic N) is 5. The second-order valence-corrected chi connectivity index (χ2v) is 8.76. The number of hydrogen-bond acceptors (Lipinski definition) is 8. The fraction of sp³-hybridized carbons (Fsp3) is 0.455. The number of nitrogens with one attached hydrogen (secondary N) is 1. The van der Waals surface area contributed by atoms with E-state index in [9.17, 15) is 14.3 Å². The van der Waals surface area contributed by atoms with Crippen molar-refractivity contribution >= 4 is 22.7 Å². The zero-order valence-corrected chi connectivity index (χ0v) is 18.1. The molecule has 0 unspecified atom stereocenters. The van der Waals surface area contributed by atoms with Crippen molar-refractivity contribution in [3.05, 3.63) is 30.2 Å².